The molecule has 1 amide bonds. The maximum Gasteiger partial charge on any atom is 0.434 e. The molecular weight excluding hydrogens is 387 g/mol. The molecule has 0 bridgehead atoms. The number of pyridine rings is 1. The number of halogens is 3. The summed E-state index contributed by atoms with van der Waals surface area (Å²) in [6.45, 7) is 0. The second-order valence-corrected chi connectivity index (χ2v) is 6.10. The Morgan fingerprint density at radius 2 is 1.83 bits per heavy atom. The lowest BCUT2D eigenvalue weighted by Crippen LogP contribution is -2.12. The minimum absolute atomic E-state index is 0.0902. The Balaban J connectivity index is 1.53. The predicted molar refractivity (Wildman–Crippen MR) is 101 cm³/mol. The Morgan fingerprint density at radius 3 is 2.48 bits per heavy atom. The number of benzene rings is 1. The zero-order chi connectivity index (χ0) is 20.6. The van der Waals surface area contributed by atoms with Crippen LogP contribution in [0.15, 0.2) is 54.9 Å². The van der Waals surface area contributed by atoms with Crippen molar-refractivity contribution in [3.8, 4) is 0 Å². The molecule has 0 radical (unpaired) electrons. The van der Waals surface area contributed by atoms with Crippen molar-refractivity contribution in [2.45, 2.75) is 6.18 Å². The van der Waals surface area contributed by atoms with E-state index in [0.717, 1.165) is 6.20 Å². The Bertz CT molecular complexity index is 1180. The first-order valence-electron chi connectivity index (χ1n) is 8.34. The van der Waals surface area contributed by atoms with Gasteiger partial charge < -0.3 is 16.4 Å². The van der Waals surface area contributed by atoms with Crippen LogP contribution in [0.3, 0.4) is 0 Å². The fourth-order valence-corrected chi connectivity index (χ4v) is 2.71. The van der Waals surface area contributed by atoms with Crippen LogP contribution in [0.25, 0.3) is 5.65 Å². The smallest absolute Gasteiger partial charge is 0.382 e. The number of imidazole rings is 1. The molecule has 4 aromatic rings. The normalized spacial score (nSPS) is 11.6. The van der Waals surface area contributed by atoms with Gasteiger partial charge in [0.15, 0.2) is 11.5 Å². The molecule has 0 aliphatic heterocycles. The number of hydrogen-bond acceptors (Lipinski definition) is 5. The lowest BCUT2D eigenvalue weighted by atomic mass is 10.2. The number of alkyl halides is 3. The number of H-pyrrole nitrogens is 1. The monoisotopic (exact) mass is 401 g/mol. The van der Waals surface area contributed by atoms with Crippen molar-refractivity contribution >= 4 is 34.6 Å². The molecule has 4 rings (SSSR count). The molecular formula is C18H14F3N7O. The molecule has 0 saturated carbocycles. The largest absolute Gasteiger partial charge is 0.434 e. The van der Waals surface area contributed by atoms with Crippen molar-refractivity contribution in [3.63, 3.8) is 0 Å². The highest BCUT2D eigenvalue weighted by molar-refractivity contribution is 6.07. The number of nitrogens with two attached hydrogens (primary N) is 1. The van der Waals surface area contributed by atoms with Gasteiger partial charge in [0, 0.05) is 23.8 Å². The second-order valence-electron chi connectivity index (χ2n) is 6.10. The fourth-order valence-electron chi connectivity index (χ4n) is 2.71. The fraction of sp³-hybridized carbons (Fsp3) is 0.0556. The molecule has 1 aromatic carbocycles. The highest BCUT2D eigenvalue weighted by atomic mass is 19.4. The molecule has 5 N–H and O–H groups in total. The Labute approximate surface area is 161 Å². The zero-order valence-electron chi connectivity index (χ0n) is 14.7. The van der Waals surface area contributed by atoms with Crippen molar-refractivity contribution in [3.05, 3.63) is 66.1 Å². The van der Waals surface area contributed by atoms with E-state index in [1.165, 1.54) is 16.7 Å². The first-order chi connectivity index (χ1) is 13.8. The average Bonchev–Trinajstić information content (AvgIpc) is 3.30. The summed E-state index contributed by atoms with van der Waals surface area (Å²) in [7, 11) is 0. The summed E-state index contributed by atoms with van der Waals surface area (Å²) >= 11 is 0. The molecule has 0 spiro atoms. The molecule has 148 valence electrons. The number of rotatable bonds is 4. The van der Waals surface area contributed by atoms with Crippen LogP contribution < -0.4 is 16.4 Å². The van der Waals surface area contributed by atoms with Gasteiger partial charge in [0.05, 0.1) is 0 Å². The van der Waals surface area contributed by atoms with Gasteiger partial charge in [-0.3, -0.25) is 14.3 Å². The minimum Gasteiger partial charge on any atom is -0.382 e. The van der Waals surface area contributed by atoms with E-state index in [1.54, 1.807) is 36.4 Å². The highest BCUT2D eigenvalue weighted by Crippen LogP contribution is 2.30. The second kappa shape index (κ2) is 6.86. The highest BCUT2D eigenvalue weighted by Gasteiger charge is 2.34. The van der Waals surface area contributed by atoms with Gasteiger partial charge in [-0.25, -0.2) is 4.98 Å². The van der Waals surface area contributed by atoms with Gasteiger partial charge in [0.1, 0.15) is 17.0 Å². The number of amides is 1. The third-order valence-electron chi connectivity index (χ3n) is 4.11. The van der Waals surface area contributed by atoms with Crippen LogP contribution in [0.5, 0.6) is 0 Å². The molecule has 0 fully saturated rings. The summed E-state index contributed by atoms with van der Waals surface area (Å²) in [6.07, 6.45) is -2.20. The van der Waals surface area contributed by atoms with E-state index < -0.39 is 17.8 Å². The summed E-state index contributed by atoms with van der Waals surface area (Å²) in [6, 6.07) is 11.4. The van der Waals surface area contributed by atoms with Gasteiger partial charge in [0.2, 0.25) is 0 Å². The summed E-state index contributed by atoms with van der Waals surface area (Å²) in [4.78, 5) is 15.7. The Morgan fingerprint density at radius 1 is 1.10 bits per heavy atom. The predicted octanol–water partition coefficient (Wildman–Crippen LogP) is 3.65. The molecule has 0 aliphatic carbocycles. The SMILES string of the molecule is Nc1n[nH]cc1C(=O)Nc1ccc(Nc2cccc3nc(C(F)(F)F)cn23)cc1. The summed E-state index contributed by atoms with van der Waals surface area (Å²) < 4.78 is 40.1. The molecule has 3 heterocycles. The number of carbonyl (C=O) groups excluding carboxylic acids is 1. The van der Waals surface area contributed by atoms with Crippen LogP contribution in [-0.4, -0.2) is 25.5 Å². The molecule has 0 unspecified atom stereocenters. The Kier molecular flexibility index (Phi) is 4.34. The molecule has 0 atom stereocenters. The lowest BCUT2D eigenvalue weighted by Gasteiger charge is -2.10. The quantitative estimate of drug-likeness (QED) is 0.417. The van der Waals surface area contributed by atoms with Crippen LogP contribution in [0, 0.1) is 0 Å². The van der Waals surface area contributed by atoms with Crippen LogP contribution in [0.4, 0.5) is 36.2 Å². The minimum atomic E-state index is -4.53. The van der Waals surface area contributed by atoms with E-state index in [9.17, 15) is 18.0 Å². The van der Waals surface area contributed by atoms with Crippen LogP contribution in [0.2, 0.25) is 0 Å². The summed E-state index contributed by atoms with van der Waals surface area (Å²) in [5.74, 6) is 0.0840. The molecule has 0 aliphatic rings. The first-order valence-corrected chi connectivity index (χ1v) is 8.34. The standard InChI is InChI=1S/C18H14F3N7O/c19-18(20,21)13-9-28-14(2-1-3-15(28)26-13)24-10-4-6-11(7-5-10)25-17(29)12-8-23-27-16(12)22/h1-9,24H,(H,25,29)(H3,22,23,27). The molecule has 8 nitrogen and oxygen atoms in total. The number of nitrogens with one attached hydrogen (secondary N) is 3. The van der Waals surface area contributed by atoms with Crippen molar-refractivity contribution in [1.82, 2.24) is 19.6 Å². The maximum absolute atomic E-state index is 12.9. The number of hydrogen-bond donors (Lipinski definition) is 4. The summed E-state index contributed by atoms with van der Waals surface area (Å²) in [5, 5.41) is 11.9. The topological polar surface area (TPSA) is 113 Å². The van der Waals surface area contributed by atoms with Gasteiger partial charge in [-0.1, -0.05) is 6.07 Å². The van der Waals surface area contributed by atoms with Gasteiger partial charge >= 0.3 is 6.18 Å². The third-order valence-corrected chi connectivity index (χ3v) is 4.11. The molecule has 29 heavy (non-hydrogen) atoms. The lowest BCUT2D eigenvalue weighted by molar-refractivity contribution is -0.140. The number of aromatic amines is 1. The Hall–Kier alpha value is -4.02. The molecule has 11 heteroatoms. The van der Waals surface area contributed by atoms with Crippen molar-refractivity contribution in [2.24, 2.45) is 0 Å². The van der Waals surface area contributed by atoms with E-state index in [4.69, 9.17) is 5.73 Å². The number of fused-ring (bicyclic) bond motifs is 1. The average molecular weight is 401 g/mol. The van der Waals surface area contributed by atoms with Gasteiger partial charge in [-0.05, 0) is 36.4 Å². The number of aromatic nitrogens is 4. The first kappa shape index (κ1) is 18.3. The van der Waals surface area contributed by atoms with Crippen molar-refractivity contribution < 1.29 is 18.0 Å². The van der Waals surface area contributed by atoms with Gasteiger partial charge in [-0.2, -0.15) is 18.3 Å². The van der Waals surface area contributed by atoms with Crippen LogP contribution in [-0.2, 0) is 6.18 Å². The number of carbonyl (C=O) groups is 1. The molecule has 0 saturated heterocycles. The van der Waals surface area contributed by atoms with Crippen LogP contribution >= 0.6 is 0 Å². The van der Waals surface area contributed by atoms with Crippen molar-refractivity contribution in [1.29, 1.82) is 0 Å². The van der Waals surface area contributed by atoms with Gasteiger partial charge in [0.25, 0.3) is 5.91 Å². The van der Waals surface area contributed by atoms with E-state index in [-0.39, 0.29) is 17.0 Å². The zero-order valence-corrected chi connectivity index (χ0v) is 14.7. The van der Waals surface area contributed by atoms with Crippen LogP contribution in [0.1, 0.15) is 16.1 Å². The number of nitrogens with zero attached hydrogens (tertiary/aromatic N) is 3. The molecule has 3 aromatic heterocycles. The summed E-state index contributed by atoms with van der Waals surface area (Å²) in [5.41, 5.74) is 6.14. The number of nitrogen functional groups attached to an aromatic ring is 1. The van der Waals surface area contributed by atoms with E-state index in [0.29, 0.717) is 17.2 Å². The number of anilines is 4. The third kappa shape index (κ3) is 3.70. The van der Waals surface area contributed by atoms with E-state index >= 15 is 0 Å². The maximum atomic E-state index is 12.9. The van der Waals surface area contributed by atoms with Crippen molar-refractivity contribution in [2.75, 3.05) is 16.4 Å². The van der Waals surface area contributed by atoms with E-state index in [2.05, 4.69) is 25.8 Å². The van der Waals surface area contributed by atoms with E-state index in [1.807, 2.05) is 0 Å². The van der Waals surface area contributed by atoms with Gasteiger partial charge in [-0.15, -0.1) is 0 Å².